The van der Waals surface area contributed by atoms with Crippen molar-refractivity contribution in [1.29, 1.82) is 0 Å². The van der Waals surface area contributed by atoms with E-state index in [0.717, 1.165) is 36.6 Å². The minimum Gasteiger partial charge on any atom is -0.301 e. The molecule has 6 heteroatoms. The summed E-state index contributed by atoms with van der Waals surface area (Å²) in [5, 5.41) is 16.1. The van der Waals surface area contributed by atoms with Crippen molar-refractivity contribution >= 4 is 0 Å². The number of piperidine rings is 1. The number of hydrogen-bond donors (Lipinski definition) is 1. The van der Waals surface area contributed by atoms with Crippen molar-refractivity contribution < 1.29 is 0 Å². The molecule has 0 spiro atoms. The van der Waals surface area contributed by atoms with Gasteiger partial charge in [0.05, 0.1) is 17.4 Å². The van der Waals surface area contributed by atoms with Crippen LogP contribution in [0, 0.1) is 6.92 Å². The first-order valence-electron chi connectivity index (χ1n) is 8.69. The number of nitrogens with one attached hydrogen (secondary N) is 1. The summed E-state index contributed by atoms with van der Waals surface area (Å²) in [6.07, 6.45) is 5.38. The molecule has 0 amide bonds. The fraction of sp³-hybridized carbons (Fsp3) is 0.706. The zero-order valence-electron chi connectivity index (χ0n) is 14.7. The lowest BCUT2D eigenvalue weighted by Crippen LogP contribution is -2.37. The van der Waals surface area contributed by atoms with E-state index in [-0.39, 0.29) is 6.04 Å². The van der Waals surface area contributed by atoms with Gasteiger partial charge in [0.25, 0.3) is 0 Å². The van der Waals surface area contributed by atoms with Gasteiger partial charge in [-0.2, -0.15) is 5.10 Å². The molecule has 1 aliphatic heterocycles. The maximum absolute atomic E-state index is 4.44. The molecule has 0 bridgehead atoms. The van der Waals surface area contributed by atoms with Crippen LogP contribution in [0.25, 0.3) is 0 Å². The molecule has 126 valence electrons. The Labute approximate surface area is 138 Å². The highest BCUT2D eigenvalue weighted by molar-refractivity contribution is 5.09. The molecule has 0 unspecified atom stereocenters. The number of H-pyrrole nitrogens is 1. The van der Waals surface area contributed by atoms with Crippen LogP contribution in [0.4, 0.5) is 0 Å². The second kappa shape index (κ2) is 6.83. The molecule has 1 saturated heterocycles. The van der Waals surface area contributed by atoms with E-state index in [1.54, 1.807) is 0 Å². The van der Waals surface area contributed by atoms with Crippen molar-refractivity contribution in [3.63, 3.8) is 0 Å². The normalized spacial score (nSPS) is 18.7. The average molecular weight is 316 g/mol. The summed E-state index contributed by atoms with van der Waals surface area (Å²) in [5.41, 5.74) is 3.33. The molecule has 1 aliphatic rings. The molecule has 2 aromatic rings. The van der Waals surface area contributed by atoms with Gasteiger partial charge in [0.1, 0.15) is 0 Å². The highest BCUT2D eigenvalue weighted by Crippen LogP contribution is 2.27. The maximum Gasteiger partial charge on any atom is 0.0859 e. The van der Waals surface area contributed by atoms with E-state index in [2.05, 4.69) is 58.4 Å². The van der Waals surface area contributed by atoms with Crippen LogP contribution in [0.2, 0.25) is 0 Å². The van der Waals surface area contributed by atoms with E-state index in [1.165, 1.54) is 12.8 Å². The Balaban J connectivity index is 1.59. The van der Waals surface area contributed by atoms with E-state index < -0.39 is 0 Å². The molecule has 0 aliphatic carbocycles. The summed E-state index contributed by atoms with van der Waals surface area (Å²) in [7, 11) is 0. The number of hydrogen-bond acceptors (Lipinski definition) is 4. The Morgan fingerprint density at radius 3 is 2.61 bits per heavy atom. The summed E-state index contributed by atoms with van der Waals surface area (Å²) in [4.78, 5) is 2.55. The van der Waals surface area contributed by atoms with Crippen LogP contribution in [0.3, 0.4) is 0 Å². The molecule has 0 aromatic carbocycles. The Morgan fingerprint density at radius 1 is 1.26 bits per heavy atom. The summed E-state index contributed by atoms with van der Waals surface area (Å²) in [5.74, 6) is 0.554. The largest absolute Gasteiger partial charge is 0.301 e. The number of rotatable bonds is 5. The molecule has 1 N–H and O–H groups in total. The first-order chi connectivity index (χ1) is 11.0. The lowest BCUT2D eigenvalue weighted by atomic mass is 9.93. The monoisotopic (exact) mass is 316 g/mol. The average Bonchev–Trinajstić information content (AvgIpc) is 3.16. The van der Waals surface area contributed by atoms with E-state index in [4.69, 9.17) is 0 Å². The smallest absolute Gasteiger partial charge is 0.0859 e. The molecule has 0 saturated carbocycles. The zero-order chi connectivity index (χ0) is 16.4. The molecule has 3 heterocycles. The van der Waals surface area contributed by atoms with Gasteiger partial charge < -0.3 is 4.90 Å². The predicted molar refractivity (Wildman–Crippen MR) is 90.4 cm³/mol. The van der Waals surface area contributed by atoms with Gasteiger partial charge in [-0.1, -0.05) is 5.21 Å². The Hall–Kier alpha value is -1.69. The van der Waals surface area contributed by atoms with Crippen molar-refractivity contribution in [2.24, 2.45) is 0 Å². The fourth-order valence-corrected chi connectivity index (χ4v) is 3.38. The lowest BCUT2D eigenvalue weighted by molar-refractivity contribution is 0.171. The van der Waals surface area contributed by atoms with Crippen molar-refractivity contribution in [2.75, 3.05) is 13.1 Å². The van der Waals surface area contributed by atoms with Crippen LogP contribution < -0.4 is 0 Å². The summed E-state index contributed by atoms with van der Waals surface area (Å²) < 4.78 is 1.99. The van der Waals surface area contributed by atoms with Crippen LogP contribution in [0.15, 0.2) is 12.3 Å². The summed E-state index contributed by atoms with van der Waals surface area (Å²) in [6, 6.07) is 3.01. The second-order valence-corrected chi connectivity index (χ2v) is 7.12. The van der Waals surface area contributed by atoms with E-state index in [1.807, 2.05) is 11.6 Å². The van der Waals surface area contributed by atoms with Crippen LogP contribution in [-0.2, 0) is 6.42 Å². The van der Waals surface area contributed by atoms with Crippen LogP contribution in [0.5, 0.6) is 0 Å². The van der Waals surface area contributed by atoms with Gasteiger partial charge >= 0.3 is 0 Å². The van der Waals surface area contributed by atoms with E-state index in [0.29, 0.717) is 12.0 Å². The van der Waals surface area contributed by atoms with Crippen molar-refractivity contribution in [3.05, 3.63) is 29.3 Å². The maximum atomic E-state index is 4.44. The predicted octanol–water partition coefficient (Wildman–Crippen LogP) is 2.70. The molecule has 1 fully saturated rings. The number of likely N-dealkylation sites (tertiary alicyclic amines) is 1. The minimum absolute atomic E-state index is 0.273. The number of aromatic amines is 1. The minimum atomic E-state index is 0.273. The number of aromatic nitrogens is 5. The fourth-order valence-electron chi connectivity index (χ4n) is 3.38. The third-order valence-electron chi connectivity index (χ3n) is 4.92. The molecule has 1 atom stereocenters. The highest BCUT2D eigenvalue weighted by atomic mass is 15.4. The van der Waals surface area contributed by atoms with Gasteiger partial charge in [-0.25, -0.2) is 4.68 Å². The van der Waals surface area contributed by atoms with Crippen LogP contribution >= 0.6 is 0 Å². The lowest BCUT2D eigenvalue weighted by Gasteiger charge is -2.33. The third kappa shape index (κ3) is 3.80. The van der Waals surface area contributed by atoms with Crippen molar-refractivity contribution in [2.45, 2.75) is 65.0 Å². The first-order valence-corrected chi connectivity index (χ1v) is 8.69. The topological polar surface area (TPSA) is 62.6 Å². The molecule has 3 rings (SSSR count). The van der Waals surface area contributed by atoms with E-state index in [9.17, 15) is 0 Å². The SMILES string of the molecule is Cc1cc(C[C@@H](C)n2cc(C3CCN(C(C)C)CC3)nn2)n[nH]1. The number of nitrogens with zero attached hydrogens (tertiary/aromatic N) is 5. The molecular formula is C17H28N6. The molecule has 2 aromatic heterocycles. The standard InChI is InChI=1S/C17H28N6/c1-12(2)22-7-5-15(6-8-22)17-11-23(21-20-17)14(4)10-16-9-13(3)18-19-16/h9,11-12,14-15H,5-8,10H2,1-4H3,(H,18,19)/t14-/m1/s1. The summed E-state index contributed by atoms with van der Waals surface area (Å²) in [6.45, 7) is 11.1. The molecule has 6 nitrogen and oxygen atoms in total. The first kappa shape index (κ1) is 16.2. The quantitative estimate of drug-likeness (QED) is 0.921. The second-order valence-electron chi connectivity index (χ2n) is 7.12. The van der Waals surface area contributed by atoms with Gasteiger partial charge in [0.15, 0.2) is 0 Å². The van der Waals surface area contributed by atoms with Crippen molar-refractivity contribution in [1.82, 2.24) is 30.1 Å². The van der Waals surface area contributed by atoms with Crippen LogP contribution in [-0.4, -0.2) is 49.2 Å². The Kier molecular flexibility index (Phi) is 4.80. The Bertz CT molecular complexity index is 621. The highest BCUT2D eigenvalue weighted by Gasteiger charge is 2.24. The van der Waals surface area contributed by atoms with Crippen LogP contribution in [0.1, 0.15) is 62.7 Å². The van der Waals surface area contributed by atoms with Gasteiger partial charge in [0, 0.05) is 30.3 Å². The molecule has 23 heavy (non-hydrogen) atoms. The number of aryl methyl sites for hydroxylation is 1. The zero-order valence-corrected chi connectivity index (χ0v) is 14.7. The van der Waals surface area contributed by atoms with Gasteiger partial charge in [-0.15, -0.1) is 5.10 Å². The van der Waals surface area contributed by atoms with Crippen molar-refractivity contribution in [3.8, 4) is 0 Å². The molecular weight excluding hydrogens is 288 g/mol. The van der Waals surface area contributed by atoms with Gasteiger partial charge in [0.2, 0.25) is 0 Å². The Morgan fingerprint density at radius 2 is 2.00 bits per heavy atom. The third-order valence-corrected chi connectivity index (χ3v) is 4.92. The van der Waals surface area contributed by atoms with E-state index >= 15 is 0 Å². The van der Waals surface area contributed by atoms with Gasteiger partial charge in [-0.05, 0) is 59.7 Å². The molecule has 0 radical (unpaired) electrons. The summed E-state index contributed by atoms with van der Waals surface area (Å²) >= 11 is 0. The van der Waals surface area contributed by atoms with Gasteiger partial charge in [-0.3, -0.25) is 5.10 Å².